The van der Waals surface area contributed by atoms with Gasteiger partial charge in [-0.3, -0.25) is 14.4 Å². The highest BCUT2D eigenvalue weighted by molar-refractivity contribution is 7.99. The number of rotatable bonds is 10. The fourth-order valence-electron chi connectivity index (χ4n) is 2.76. The van der Waals surface area contributed by atoms with Crippen LogP contribution < -0.4 is 16.0 Å². The van der Waals surface area contributed by atoms with Crippen molar-refractivity contribution in [2.75, 3.05) is 32.0 Å². The first kappa shape index (κ1) is 24.9. The maximum Gasteiger partial charge on any atom is 0.396 e. The van der Waals surface area contributed by atoms with E-state index in [1.807, 2.05) is 36.4 Å². The molecule has 0 spiro atoms. The number of hydrogen-bond donors (Lipinski definition) is 3. The van der Waals surface area contributed by atoms with Gasteiger partial charge in [-0.1, -0.05) is 60.7 Å². The zero-order valence-electron chi connectivity index (χ0n) is 17.8. The third kappa shape index (κ3) is 8.43. The first-order valence-electron chi connectivity index (χ1n) is 10.3. The third-order valence-electron chi connectivity index (χ3n) is 4.24. The number of thioether (sulfide) groups is 1. The summed E-state index contributed by atoms with van der Waals surface area (Å²) >= 11 is 1.68. The molecule has 0 radical (unpaired) electrons. The molecule has 32 heavy (non-hydrogen) atoms. The predicted molar refractivity (Wildman–Crippen MR) is 123 cm³/mol. The van der Waals surface area contributed by atoms with Gasteiger partial charge in [-0.2, -0.15) is 0 Å². The van der Waals surface area contributed by atoms with Crippen molar-refractivity contribution < 1.29 is 23.9 Å². The van der Waals surface area contributed by atoms with Gasteiger partial charge in [0.1, 0.15) is 0 Å². The Hall–Kier alpha value is -3.33. The normalized spacial score (nSPS) is 10.3. The number of benzene rings is 2. The molecule has 0 aliphatic heterocycles. The second-order valence-electron chi connectivity index (χ2n) is 6.56. The Morgan fingerprint density at radius 2 is 1.22 bits per heavy atom. The fraction of sp³-hybridized carbons (Fsp3) is 0.304. The molecule has 0 unspecified atom stereocenters. The van der Waals surface area contributed by atoms with Crippen LogP contribution in [-0.2, 0) is 23.9 Å². The number of esters is 1. The Labute approximate surface area is 191 Å². The highest BCUT2D eigenvalue weighted by atomic mass is 32.2. The lowest BCUT2D eigenvalue weighted by molar-refractivity contribution is -0.154. The molecule has 8 nitrogen and oxygen atoms in total. The van der Waals surface area contributed by atoms with Gasteiger partial charge in [0.25, 0.3) is 0 Å². The van der Waals surface area contributed by atoms with E-state index in [1.165, 1.54) is 0 Å². The minimum atomic E-state index is -0.988. The Bertz CT molecular complexity index is 854. The van der Waals surface area contributed by atoms with Crippen LogP contribution in [0, 0.1) is 0 Å². The van der Waals surface area contributed by atoms with Gasteiger partial charge in [-0.15, -0.1) is 11.8 Å². The van der Waals surface area contributed by atoms with E-state index in [9.17, 15) is 19.2 Å². The summed E-state index contributed by atoms with van der Waals surface area (Å²) in [7, 11) is 0. The number of amides is 3. The molecule has 170 valence electrons. The maximum absolute atomic E-state index is 12.0. The highest BCUT2D eigenvalue weighted by Gasteiger charge is 2.17. The van der Waals surface area contributed by atoms with Gasteiger partial charge in [0.15, 0.2) is 0 Å². The summed E-state index contributed by atoms with van der Waals surface area (Å²) in [4.78, 5) is 46.3. The van der Waals surface area contributed by atoms with Crippen LogP contribution in [0.5, 0.6) is 0 Å². The van der Waals surface area contributed by atoms with Crippen molar-refractivity contribution in [3.05, 3.63) is 71.8 Å². The first-order valence-corrected chi connectivity index (χ1v) is 11.3. The standard InChI is InChI=1S/C23H27N3O5S/c1-2-31-23(30)22(29)25-14-13-24-20(27)21(28)26-15-16-32-19(17-9-5-3-6-10-17)18-11-7-4-8-12-18/h3-12,19H,2,13-16H2,1H3,(H,24,27)(H,25,29)(H,26,28). The van der Waals surface area contributed by atoms with Crippen molar-refractivity contribution in [1.82, 2.24) is 16.0 Å². The summed E-state index contributed by atoms with van der Waals surface area (Å²) in [5.41, 5.74) is 2.33. The first-order chi connectivity index (χ1) is 15.5. The molecule has 2 aromatic carbocycles. The van der Waals surface area contributed by atoms with Crippen LogP contribution in [0.4, 0.5) is 0 Å². The van der Waals surface area contributed by atoms with Gasteiger partial charge in [0.2, 0.25) is 0 Å². The average Bonchev–Trinajstić information content (AvgIpc) is 2.82. The molecule has 0 aromatic heterocycles. The van der Waals surface area contributed by atoms with Crippen molar-refractivity contribution in [2.24, 2.45) is 0 Å². The van der Waals surface area contributed by atoms with Gasteiger partial charge >= 0.3 is 23.7 Å². The van der Waals surface area contributed by atoms with E-state index in [-0.39, 0.29) is 24.9 Å². The molecule has 0 bridgehead atoms. The summed E-state index contributed by atoms with van der Waals surface area (Å²) in [6, 6.07) is 20.2. The zero-order valence-corrected chi connectivity index (χ0v) is 18.7. The molecule has 9 heteroatoms. The molecule has 0 atom stereocenters. The van der Waals surface area contributed by atoms with Gasteiger partial charge in [-0.05, 0) is 18.1 Å². The van der Waals surface area contributed by atoms with Crippen LogP contribution in [0.3, 0.4) is 0 Å². The molecule has 3 amide bonds. The SMILES string of the molecule is CCOC(=O)C(=O)NCCNC(=O)C(=O)NCCSC(c1ccccc1)c1ccccc1. The Kier molecular flexibility index (Phi) is 10.8. The Morgan fingerprint density at radius 1 is 0.750 bits per heavy atom. The van der Waals surface area contributed by atoms with E-state index in [2.05, 4.69) is 45.0 Å². The number of carbonyl (C=O) groups excluding carboxylic acids is 4. The third-order valence-corrected chi connectivity index (χ3v) is 5.56. The lowest BCUT2D eigenvalue weighted by atomic mass is 10.0. The molecule has 3 N–H and O–H groups in total. The fourth-order valence-corrected chi connectivity index (χ4v) is 3.92. The lowest BCUT2D eigenvalue weighted by Gasteiger charge is -2.18. The van der Waals surface area contributed by atoms with E-state index in [4.69, 9.17) is 0 Å². The van der Waals surface area contributed by atoms with E-state index in [0.29, 0.717) is 12.3 Å². The van der Waals surface area contributed by atoms with Gasteiger partial charge < -0.3 is 20.7 Å². The monoisotopic (exact) mass is 457 g/mol. The summed E-state index contributed by atoms with van der Waals surface area (Å²) in [6.07, 6.45) is 0. The summed E-state index contributed by atoms with van der Waals surface area (Å²) < 4.78 is 4.54. The molecule has 0 heterocycles. The van der Waals surface area contributed by atoms with Gasteiger partial charge in [0, 0.05) is 25.4 Å². The van der Waals surface area contributed by atoms with Crippen molar-refractivity contribution in [3.8, 4) is 0 Å². The Balaban J connectivity index is 1.71. The molecule has 0 fully saturated rings. The molecule has 2 aromatic rings. The molecule has 0 aliphatic carbocycles. The van der Waals surface area contributed by atoms with Crippen LogP contribution in [-0.4, -0.2) is 55.7 Å². The van der Waals surface area contributed by atoms with Crippen molar-refractivity contribution >= 4 is 35.5 Å². The lowest BCUT2D eigenvalue weighted by Crippen LogP contribution is -2.44. The molecular formula is C23H27N3O5S. The maximum atomic E-state index is 12.0. The summed E-state index contributed by atoms with van der Waals surface area (Å²) in [6.45, 7) is 2.02. The molecule has 2 rings (SSSR count). The predicted octanol–water partition coefficient (Wildman–Crippen LogP) is 1.42. The molecule has 0 aliphatic rings. The van der Waals surface area contributed by atoms with Crippen LogP contribution in [0.15, 0.2) is 60.7 Å². The van der Waals surface area contributed by atoms with E-state index in [0.717, 1.165) is 11.1 Å². The van der Waals surface area contributed by atoms with Crippen LogP contribution in [0.1, 0.15) is 23.3 Å². The quantitative estimate of drug-likeness (QED) is 0.283. The van der Waals surface area contributed by atoms with E-state index < -0.39 is 23.7 Å². The summed E-state index contributed by atoms with van der Waals surface area (Å²) in [5.74, 6) is -2.82. The second kappa shape index (κ2) is 13.9. The minimum Gasteiger partial charge on any atom is -0.459 e. The van der Waals surface area contributed by atoms with Crippen molar-refractivity contribution in [3.63, 3.8) is 0 Å². The minimum absolute atomic E-state index is 0.00233. The van der Waals surface area contributed by atoms with E-state index >= 15 is 0 Å². The molecule has 0 saturated carbocycles. The molecule has 0 saturated heterocycles. The van der Waals surface area contributed by atoms with Crippen LogP contribution >= 0.6 is 11.8 Å². The zero-order chi connectivity index (χ0) is 23.2. The smallest absolute Gasteiger partial charge is 0.396 e. The average molecular weight is 458 g/mol. The van der Waals surface area contributed by atoms with Crippen LogP contribution in [0.25, 0.3) is 0 Å². The number of nitrogens with one attached hydrogen (secondary N) is 3. The van der Waals surface area contributed by atoms with Crippen LogP contribution in [0.2, 0.25) is 0 Å². The Morgan fingerprint density at radius 3 is 1.72 bits per heavy atom. The summed E-state index contributed by atoms with van der Waals surface area (Å²) in [5, 5.41) is 7.39. The van der Waals surface area contributed by atoms with Gasteiger partial charge in [0.05, 0.1) is 11.9 Å². The van der Waals surface area contributed by atoms with Crippen molar-refractivity contribution in [1.29, 1.82) is 0 Å². The highest BCUT2D eigenvalue weighted by Crippen LogP contribution is 2.35. The van der Waals surface area contributed by atoms with Crippen molar-refractivity contribution in [2.45, 2.75) is 12.2 Å². The number of ether oxygens (including phenoxy) is 1. The number of hydrogen-bond acceptors (Lipinski definition) is 6. The topological polar surface area (TPSA) is 114 Å². The van der Waals surface area contributed by atoms with E-state index in [1.54, 1.807) is 18.7 Å². The van der Waals surface area contributed by atoms with Gasteiger partial charge in [-0.25, -0.2) is 4.79 Å². The number of carbonyl (C=O) groups is 4. The second-order valence-corrected chi connectivity index (χ2v) is 7.77. The largest absolute Gasteiger partial charge is 0.459 e. The molecular weight excluding hydrogens is 430 g/mol.